The molecule has 0 aromatic carbocycles. The number of piperazine rings is 1. The summed E-state index contributed by atoms with van der Waals surface area (Å²) in [6, 6.07) is 1.52. The Kier molecular flexibility index (Phi) is 2.13. The number of amides is 1. The zero-order chi connectivity index (χ0) is 12.3. The van der Waals surface area contributed by atoms with Crippen LogP contribution < -0.4 is 5.73 Å². The number of piperidine rings is 1. The molecule has 3 aliphatic heterocycles. The Morgan fingerprint density at radius 3 is 3.11 bits per heavy atom. The third-order valence-electron chi connectivity index (χ3n) is 5.17. The van der Waals surface area contributed by atoms with E-state index in [1.807, 2.05) is 6.20 Å². The number of rotatable bonds is 1. The maximum atomic E-state index is 11.3. The molecule has 0 radical (unpaired) electrons. The van der Waals surface area contributed by atoms with Crippen molar-refractivity contribution >= 4 is 5.91 Å². The molecule has 2 unspecified atom stereocenters. The van der Waals surface area contributed by atoms with E-state index in [9.17, 15) is 4.79 Å². The highest BCUT2D eigenvalue weighted by molar-refractivity contribution is 5.92. The number of carbonyl (C=O) groups is 1. The van der Waals surface area contributed by atoms with Crippen molar-refractivity contribution in [1.29, 1.82) is 0 Å². The highest BCUT2D eigenvalue weighted by Gasteiger charge is 2.48. The zero-order valence-electron chi connectivity index (χ0n) is 10.5. The number of hydrogen-bond donors (Lipinski definition) is 1. The van der Waals surface area contributed by atoms with Crippen molar-refractivity contribution in [2.45, 2.75) is 37.8 Å². The Morgan fingerprint density at radius 2 is 2.28 bits per heavy atom. The first kappa shape index (κ1) is 10.6. The van der Waals surface area contributed by atoms with Crippen LogP contribution in [0.15, 0.2) is 23.5 Å². The van der Waals surface area contributed by atoms with Crippen LogP contribution in [0.5, 0.6) is 0 Å². The highest BCUT2D eigenvalue weighted by atomic mass is 16.1. The summed E-state index contributed by atoms with van der Waals surface area (Å²) >= 11 is 0. The minimum Gasteiger partial charge on any atom is -0.366 e. The molecular formula is C14H19N3O. The van der Waals surface area contributed by atoms with Gasteiger partial charge >= 0.3 is 0 Å². The summed E-state index contributed by atoms with van der Waals surface area (Å²) in [5.41, 5.74) is 7.49. The van der Waals surface area contributed by atoms with E-state index in [-0.39, 0.29) is 5.91 Å². The molecule has 1 amide bonds. The molecule has 0 spiro atoms. The normalized spacial score (nSPS) is 38.0. The molecule has 4 nitrogen and oxygen atoms in total. The van der Waals surface area contributed by atoms with Crippen molar-refractivity contribution in [2.75, 3.05) is 13.1 Å². The lowest BCUT2D eigenvalue weighted by atomic mass is 9.94. The van der Waals surface area contributed by atoms with Crippen molar-refractivity contribution < 1.29 is 4.79 Å². The second-order valence-corrected chi connectivity index (χ2v) is 6.04. The van der Waals surface area contributed by atoms with Crippen LogP contribution in [0.25, 0.3) is 0 Å². The molecule has 18 heavy (non-hydrogen) atoms. The number of allylic oxidation sites excluding steroid dienone is 1. The van der Waals surface area contributed by atoms with Gasteiger partial charge in [0, 0.05) is 42.6 Å². The SMILES string of the molecule is NC(=O)C1=CN2C[C@H]3C4CCC(C4)N3CC2=CC1. The molecule has 1 aliphatic carbocycles. The molecule has 96 valence electrons. The van der Waals surface area contributed by atoms with Gasteiger partial charge in [-0.3, -0.25) is 9.69 Å². The number of fused-ring (bicyclic) bond motifs is 6. The fourth-order valence-electron chi connectivity index (χ4n) is 4.23. The summed E-state index contributed by atoms with van der Waals surface area (Å²) in [7, 11) is 0. The summed E-state index contributed by atoms with van der Waals surface area (Å²) < 4.78 is 0. The van der Waals surface area contributed by atoms with E-state index in [1.165, 1.54) is 25.0 Å². The molecule has 4 rings (SSSR count). The van der Waals surface area contributed by atoms with Crippen molar-refractivity contribution in [3.8, 4) is 0 Å². The van der Waals surface area contributed by atoms with Crippen LogP contribution in [0.1, 0.15) is 25.7 Å². The first-order valence-electron chi connectivity index (χ1n) is 6.94. The Labute approximate surface area is 107 Å². The van der Waals surface area contributed by atoms with Crippen LogP contribution in [0.3, 0.4) is 0 Å². The summed E-state index contributed by atoms with van der Waals surface area (Å²) in [6.07, 6.45) is 9.04. The summed E-state index contributed by atoms with van der Waals surface area (Å²) in [5, 5.41) is 0. The summed E-state index contributed by atoms with van der Waals surface area (Å²) in [5.74, 6) is 0.601. The first-order chi connectivity index (χ1) is 8.72. The van der Waals surface area contributed by atoms with Gasteiger partial charge in [-0.05, 0) is 31.6 Å². The van der Waals surface area contributed by atoms with Gasteiger partial charge in [0.25, 0.3) is 0 Å². The third-order valence-corrected chi connectivity index (χ3v) is 5.17. The van der Waals surface area contributed by atoms with Crippen molar-refractivity contribution in [2.24, 2.45) is 11.7 Å². The third kappa shape index (κ3) is 1.38. The topological polar surface area (TPSA) is 49.6 Å². The van der Waals surface area contributed by atoms with Gasteiger partial charge in [-0.25, -0.2) is 0 Å². The molecule has 2 N–H and O–H groups in total. The number of carbonyl (C=O) groups excluding carboxylic acids is 1. The second kappa shape index (κ2) is 3.60. The fraction of sp³-hybridized carbons (Fsp3) is 0.643. The average Bonchev–Trinajstić information content (AvgIpc) is 2.97. The monoisotopic (exact) mass is 245 g/mol. The van der Waals surface area contributed by atoms with Crippen LogP contribution in [0.2, 0.25) is 0 Å². The Hall–Kier alpha value is -1.29. The molecule has 0 aromatic heterocycles. The molecule has 0 aromatic rings. The van der Waals surface area contributed by atoms with E-state index >= 15 is 0 Å². The largest absolute Gasteiger partial charge is 0.366 e. The minimum atomic E-state index is -0.277. The van der Waals surface area contributed by atoms with Gasteiger partial charge in [-0.15, -0.1) is 0 Å². The molecule has 4 heteroatoms. The number of nitrogens with zero attached hydrogens (tertiary/aromatic N) is 2. The molecule has 2 bridgehead atoms. The number of hydrogen-bond acceptors (Lipinski definition) is 3. The standard InChI is InChI=1S/C14H19N3O/c15-14(18)10-2-4-12-7-17-11-3-1-9(5-11)13(17)8-16(12)6-10/h4,6,9,11,13H,1-3,5,7-8H2,(H2,15,18)/t9?,11?,13-/m0/s1. The predicted octanol–water partition coefficient (Wildman–Crippen LogP) is 0.812. The lowest BCUT2D eigenvalue weighted by Gasteiger charge is -2.46. The van der Waals surface area contributed by atoms with Crippen LogP contribution in [0, 0.1) is 5.92 Å². The van der Waals surface area contributed by atoms with Crippen LogP contribution >= 0.6 is 0 Å². The van der Waals surface area contributed by atoms with Crippen molar-refractivity contribution in [3.63, 3.8) is 0 Å². The smallest absolute Gasteiger partial charge is 0.246 e. The predicted molar refractivity (Wildman–Crippen MR) is 68.3 cm³/mol. The maximum absolute atomic E-state index is 11.3. The zero-order valence-corrected chi connectivity index (χ0v) is 10.5. The van der Waals surface area contributed by atoms with Gasteiger partial charge in [0.2, 0.25) is 5.91 Å². The van der Waals surface area contributed by atoms with Gasteiger partial charge in [0.1, 0.15) is 0 Å². The molecule has 3 fully saturated rings. The van der Waals surface area contributed by atoms with E-state index < -0.39 is 0 Å². The summed E-state index contributed by atoms with van der Waals surface area (Å²) in [4.78, 5) is 16.2. The molecule has 3 heterocycles. The van der Waals surface area contributed by atoms with E-state index in [4.69, 9.17) is 5.73 Å². The van der Waals surface area contributed by atoms with Crippen LogP contribution in [-0.4, -0.2) is 40.9 Å². The van der Waals surface area contributed by atoms with Crippen molar-refractivity contribution in [1.82, 2.24) is 9.80 Å². The lowest BCUT2D eigenvalue weighted by Crippen LogP contribution is -2.53. The first-order valence-corrected chi connectivity index (χ1v) is 6.94. The maximum Gasteiger partial charge on any atom is 0.246 e. The van der Waals surface area contributed by atoms with Gasteiger partial charge in [0.15, 0.2) is 0 Å². The quantitative estimate of drug-likeness (QED) is 0.744. The van der Waals surface area contributed by atoms with E-state index in [0.29, 0.717) is 12.5 Å². The molecule has 3 atom stereocenters. The van der Waals surface area contributed by atoms with Gasteiger partial charge in [-0.2, -0.15) is 0 Å². The van der Waals surface area contributed by atoms with Gasteiger partial charge < -0.3 is 10.6 Å². The Balaban J connectivity index is 1.60. The van der Waals surface area contributed by atoms with E-state index in [0.717, 1.165) is 30.6 Å². The van der Waals surface area contributed by atoms with Crippen LogP contribution in [-0.2, 0) is 4.79 Å². The van der Waals surface area contributed by atoms with E-state index in [1.54, 1.807) is 0 Å². The lowest BCUT2D eigenvalue weighted by molar-refractivity contribution is -0.114. The second-order valence-electron chi connectivity index (χ2n) is 6.04. The van der Waals surface area contributed by atoms with Gasteiger partial charge in [-0.1, -0.05) is 6.08 Å². The van der Waals surface area contributed by atoms with Crippen LogP contribution in [0.4, 0.5) is 0 Å². The van der Waals surface area contributed by atoms with Gasteiger partial charge in [0.05, 0.1) is 0 Å². The number of primary amides is 1. The van der Waals surface area contributed by atoms with Crippen molar-refractivity contribution in [3.05, 3.63) is 23.5 Å². The average molecular weight is 245 g/mol. The minimum absolute atomic E-state index is 0.277. The molecule has 1 saturated carbocycles. The van der Waals surface area contributed by atoms with E-state index in [2.05, 4.69) is 15.9 Å². The Morgan fingerprint density at radius 1 is 1.39 bits per heavy atom. The molecule has 2 saturated heterocycles. The molecular weight excluding hydrogens is 226 g/mol. The number of nitrogens with two attached hydrogens (primary N) is 1. The fourth-order valence-corrected chi connectivity index (χ4v) is 4.23. The Bertz CT molecular complexity index is 468. The summed E-state index contributed by atoms with van der Waals surface area (Å²) in [6.45, 7) is 2.11. The highest BCUT2D eigenvalue weighted by Crippen LogP contribution is 2.45. The molecule has 4 aliphatic rings.